The number of ether oxygens (including phenoxy) is 1. The van der Waals surface area contributed by atoms with E-state index in [1.165, 1.54) is 12.1 Å². The first-order chi connectivity index (χ1) is 12.1. The Hall–Kier alpha value is -1.83. The number of aliphatic imine (C=N–C) groups is 1. The number of hydrogen-bond donors (Lipinski definition) is 2. The largest absolute Gasteiger partial charge is 0.491 e. The third-order valence-electron chi connectivity index (χ3n) is 3.60. The van der Waals surface area contributed by atoms with Crippen LogP contribution < -0.4 is 15.4 Å². The monoisotopic (exact) mass is 471 g/mol. The third-order valence-corrected chi connectivity index (χ3v) is 3.60. The average molecular weight is 471 g/mol. The van der Waals surface area contributed by atoms with Gasteiger partial charge in [-0.3, -0.25) is 4.99 Å². The Morgan fingerprint density at radius 1 is 1.00 bits per heavy atom. The summed E-state index contributed by atoms with van der Waals surface area (Å²) in [5.74, 6) is 1.41. The number of hydrogen-bond acceptors (Lipinski definition) is 2. The van der Waals surface area contributed by atoms with Gasteiger partial charge in [-0.1, -0.05) is 24.3 Å². The molecule has 2 aromatic carbocycles. The van der Waals surface area contributed by atoms with Gasteiger partial charge in [-0.15, -0.1) is 24.0 Å². The highest BCUT2D eigenvalue weighted by Gasteiger charge is 2.01. The van der Waals surface area contributed by atoms with Gasteiger partial charge in [0.05, 0.1) is 6.10 Å². The molecule has 0 fully saturated rings. The van der Waals surface area contributed by atoms with E-state index in [0.29, 0.717) is 6.54 Å². The van der Waals surface area contributed by atoms with Crippen molar-refractivity contribution >= 4 is 29.9 Å². The van der Waals surface area contributed by atoms with Crippen LogP contribution in [0.1, 0.15) is 25.0 Å². The predicted octanol–water partition coefficient (Wildman–Crippen LogP) is 4.14. The Morgan fingerprint density at radius 2 is 1.62 bits per heavy atom. The molecule has 0 radical (unpaired) electrons. The fourth-order valence-electron chi connectivity index (χ4n) is 2.34. The van der Waals surface area contributed by atoms with Crippen molar-refractivity contribution in [3.05, 3.63) is 65.5 Å². The Labute approximate surface area is 172 Å². The van der Waals surface area contributed by atoms with Crippen molar-refractivity contribution in [1.82, 2.24) is 10.6 Å². The van der Waals surface area contributed by atoms with Gasteiger partial charge in [0, 0.05) is 20.1 Å². The van der Waals surface area contributed by atoms with Crippen molar-refractivity contribution in [2.45, 2.75) is 32.9 Å². The fraction of sp³-hybridized carbons (Fsp3) is 0.350. The molecular weight excluding hydrogens is 444 g/mol. The number of halogens is 2. The van der Waals surface area contributed by atoms with Crippen LogP contribution in [0.4, 0.5) is 4.39 Å². The standard InChI is InChI=1S/C20H26FN3O.HI/c1-15(2)25-19-10-6-17(7-11-19)14-24-20(22-3)23-13-12-16-4-8-18(21)9-5-16;/h4-11,15H,12-14H2,1-3H3,(H2,22,23,24);1H. The van der Waals surface area contributed by atoms with Crippen molar-refractivity contribution < 1.29 is 9.13 Å². The molecule has 0 aliphatic heterocycles. The molecule has 0 unspecified atom stereocenters. The number of nitrogens with zero attached hydrogens (tertiary/aromatic N) is 1. The van der Waals surface area contributed by atoms with Gasteiger partial charge >= 0.3 is 0 Å². The molecule has 2 aromatic rings. The Morgan fingerprint density at radius 3 is 2.19 bits per heavy atom. The average Bonchev–Trinajstić information content (AvgIpc) is 2.60. The highest BCUT2D eigenvalue weighted by molar-refractivity contribution is 14.0. The van der Waals surface area contributed by atoms with Gasteiger partial charge in [0.15, 0.2) is 5.96 Å². The summed E-state index contributed by atoms with van der Waals surface area (Å²) in [6, 6.07) is 14.6. The normalized spacial score (nSPS) is 11.0. The number of nitrogens with one attached hydrogen (secondary N) is 2. The van der Waals surface area contributed by atoms with Gasteiger partial charge < -0.3 is 15.4 Å². The van der Waals surface area contributed by atoms with E-state index in [0.717, 1.165) is 35.8 Å². The van der Waals surface area contributed by atoms with Gasteiger partial charge in [-0.05, 0) is 55.7 Å². The molecular formula is C20H27FIN3O. The molecule has 0 saturated carbocycles. The molecule has 0 aromatic heterocycles. The molecule has 0 aliphatic carbocycles. The summed E-state index contributed by atoms with van der Waals surface area (Å²) in [5, 5.41) is 6.54. The van der Waals surface area contributed by atoms with Crippen LogP contribution in [0.2, 0.25) is 0 Å². The van der Waals surface area contributed by atoms with Crippen LogP contribution in [0.3, 0.4) is 0 Å². The lowest BCUT2D eigenvalue weighted by molar-refractivity contribution is 0.242. The van der Waals surface area contributed by atoms with Crippen LogP contribution in [0.25, 0.3) is 0 Å². The van der Waals surface area contributed by atoms with E-state index in [-0.39, 0.29) is 35.9 Å². The maximum atomic E-state index is 12.9. The highest BCUT2D eigenvalue weighted by atomic mass is 127. The van der Waals surface area contributed by atoms with Gasteiger partial charge in [-0.25, -0.2) is 4.39 Å². The van der Waals surface area contributed by atoms with Crippen LogP contribution in [0.15, 0.2) is 53.5 Å². The van der Waals surface area contributed by atoms with Crippen molar-refractivity contribution in [3.63, 3.8) is 0 Å². The van der Waals surface area contributed by atoms with E-state index in [2.05, 4.69) is 15.6 Å². The van der Waals surface area contributed by atoms with Crippen LogP contribution in [0.5, 0.6) is 5.75 Å². The second-order valence-electron chi connectivity index (χ2n) is 6.04. The summed E-state index contributed by atoms with van der Waals surface area (Å²) in [7, 11) is 1.74. The van der Waals surface area contributed by atoms with E-state index in [4.69, 9.17) is 4.74 Å². The lowest BCUT2D eigenvalue weighted by atomic mass is 10.1. The molecule has 0 heterocycles. The van der Waals surface area contributed by atoms with Crippen LogP contribution >= 0.6 is 24.0 Å². The topological polar surface area (TPSA) is 45.7 Å². The first-order valence-corrected chi connectivity index (χ1v) is 8.51. The van der Waals surface area contributed by atoms with Crippen LogP contribution in [-0.4, -0.2) is 25.7 Å². The summed E-state index contributed by atoms with van der Waals surface area (Å²) >= 11 is 0. The second kappa shape index (κ2) is 11.7. The first kappa shape index (κ1) is 22.2. The van der Waals surface area contributed by atoms with Crippen molar-refractivity contribution in [2.75, 3.05) is 13.6 Å². The zero-order chi connectivity index (χ0) is 18.1. The Bertz CT molecular complexity index is 672. The Balaban J connectivity index is 0.00000338. The zero-order valence-electron chi connectivity index (χ0n) is 15.5. The van der Waals surface area contributed by atoms with Gasteiger partial charge in [0.25, 0.3) is 0 Å². The smallest absolute Gasteiger partial charge is 0.191 e. The minimum atomic E-state index is -0.209. The Kier molecular flexibility index (Phi) is 10.0. The summed E-state index contributed by atoms with van der Waals surface area (Å²) in [6.45, 7) is 5.43. The van der Waals surface area contributed by atoms with Crippen LogP contribution in [-0.2, 0) is 13.0 Å². The molecule has 0 bridgehead atoms. The fourth-order valence-corrected chi connectivity index (χ4v) is 2.34. The minimum absolute atomic E-state index is 0. The van der Waals surface area contributed by atoms with Crippen molar-refractivity contribution in [1.29, 1.82) is 0 Å². The molecule has 142 valence electrons. The maximum absolute atomic E-state index is 12.9. The quantitative estimate of drug-likeness (QED) is 0.363. The number of benzene rings is 2. The maximum Gasteiger partial charge on any atom is 0.191 e. The lowest BCUT2D eigenvalue weighted by Gasteiger charge is -2.13. The molecule has 2 rings (SSSR count). The molecule has 26 heavy (non-hydrogen) atoms. The van der Waals surface area contributed by atoms with Gasteiger partial charge in [0.2, 0.25) is 0 Å². The molecule has 6 heteroatoms. The molecule has 0 aliphatic rings. The van der Waals surface area contributed by atoms with E-state index in [1.807, 2.05) is 38.1 Å². The molecule has 0 saturated heterocycles. The lowest BCUT2D eigenvalue weighted by Crippen LogP contribution is -2.37. The first-order valence-electron chi connectivity index (χ1n) is 8.51. The minimum Gasteiger partial charge on any atom is -0.491 e. The second-order valence-corrected chi connectivity index (χ2v) is 6.04. The summed E-state index contributed by atoms with van der Waals surface area (Å²) < 4.78 is 18.5. The number of rotatable bonds is 7. The molecule has 0 atom stereocenters. The number of guanidine groups is 1. The van der Waals surface area contributed by atoms with Gasteiger partial charge in [-0.2, -0.15) is 0 Å². The summed E-state index contributed by atoms with van der Waals surface area (Å²) in [4.78, 5) is 4.22. The predicted molar refractivity (Wildman–Crippen MR) is 116 cm³/mol. The van der Waals surface area contributed by atoms with Crippen molar-refractivity contribution in [3.8, 4) is 5.75 Å². The molecule has 2 N–H and O–H groups in total. The summed E-state index contributed by atoms with van der Waals surface area (Å²) in [6.07, 6.45) is 0.982. The molecule has 0 amide bonds. The van der Waals surface area contributed by atoms with Crippen molar-refractivity contribution in [2.24, 2.45) is 4.99 Å². The van der Waals surface area contributed by atoms with E-state index in [1.54, 1.807) is 19.2 Å². The van der Waals surface area contributed by atoms with Gasteiger partial charge in [0.1, 0.15) is 11.6 Å². The van der Waals surface area contributed by atoms with Crippen LogP contribution in [0, 0.1) is 5.82 Å². The molecule has 0 spiro atoms. The van der Waals surface area contributed by atoms with E-state index < -0.39 is 0 Å². The molecule has 4 nitrogen and oxygen atoms in total. The van der Waals surface area contributed by atoms with E-state index >= 15 is 0 Å². The zero-order valence-corrected chi connectivity index (χ0v) is 17.8. The highest BCUT2D eigenvalue weighted by Crippen LogP contribution is 2.13. The SMILES string of the molecule is CN=C(NCCc1ccc(F)cc1)NCc1ccc(OC(C)C)cc1.I. The summed E-state index contributed by atoms with van der Waals surface area (Å²) in [5.41, 5.74) is 2.24. The third kappa shape index (κ3) is 8.03. The van der Waals surface area contributed by atoms with E-state index in [9.17, 15) is 4.39 Å².